The van der Waals surface area contributed by atoms with Crippen molar-refractivity contribution in [1.82, 2.24) is 5.32 Å². The lowest BCUT2D eigenvalue weighted by molar-refractivity contribution is -0.379. The quantitative estimate of drug-likeness (QED) is 0.0199. The molecule has 0 aromatic rings. The molecule has 0 aromatic heterocycles. The Morgan fingerprint density at radius 3 is 1.04 bits per heavy atom. The SMILES string of the molecule is CC/C=C\C/C=C\C/C=C\C/C=C\C/C=C\C/C=C\C/C=C\C/C=C\CCCCCCCCCCCCCCCCCCC(=O)NC(COC1OC(CO)C(OC2OC(CO)C(OC3OC(CO)C(O)C(O)C3O)C(O)C2O)C(O)C1O)C(O)/C=C/CC/C=C/CCCCCCCCCCCCCCCCCC. The maximum absolute atomic E-state index is 13.5. The molecule has 3 aliphatic heterocycles. The second-order valence-corrected chi connectivity index (χ2v) is 29.9. The van der Waals surface area contributed by atoms with Crippen molar-refractivity contribution in [1.29, 1.82) is 0 Å². The van der Waals surface area contributed by atoms with Crippen LogP contribution >= 0.6 is 0 Å². The highest BCUT2D eigenvalue weighted by Gasteiger charge is 2.54. The summed E-state index contributed by atoms with van der Waals surface area (Å²) in [6.45, 7) is 1.62. The van der Waals surface area contributed by atoms with Crippen molar-refractivity contribution in [3.05, 3.63) is 122 Å². The topological polar surface area (TPSA) is 307 Å². The van der Waals surface area contributed by atoms with Crippen LogP contribution in [0.2, 0.25) is 0 Å². The number of aliphatic hydroxyl groups excluding tert-OH is 11. The van der Waals surface area contributed by atoms with Gasteiger partial charge in [0.05, 0.1) is 38.6 Å². The van der Waals surface area contributed by atoms with Crippen molar-refractivity contribution in [2.45, 2.75) is 407 Å². The third kappa shape index (κ3) is 46.4. The summed E-state index contributed by atoms with van der Waals surface area (Å²) in [4.78, 5) is 13.5. The van der Waals surface area contributed by atoms with Crippen LogP contribution in [0.5, 0.6) is 0 Å². The first-order valence-electron chi connectivity index (χ1n) is 42.8. The number of amides is 1. The first kappa shape index (κ1) is 98.4. The van der Waals surface area contributed by atoms with Gasteiger partial charge in [0.25, 0.3) is 0 Å². The van der Waals surface area contributed by atoms with E-state index in [1.807, 2.05) is 6.08 Å². The molecule has 3 heterocycles. The number of aliphatic hydroxyl groups is 11. The van der Waals surface area contributed by atoms with Gasteiger partial charge < -0.3 is 89.9 Å². The molecule has 3 fully saturated rings. The minimum atomic E-state index is -1.99. The number of rotatable bonds is 67. The number of allylic oxidation sites excluding steroid dienone is 19. The van der Waals surface area contributed by atoms with Crippen molar-refractivity contribution >= 4 is 5.91 Å². The second kappa shape index (κ2) is 67.7. The number of unbranched alkanes of at least 4 members (excludes halogenated alkanes) is 33. The Morgan fingerprint density at radius 2 is 0.648 bits per heavy atom. The highest BCUT2D eigenvalue weighted by atomic mass is 16.8. The summed E-state index contributed by atoms with van der Waals surface area (Å²) >= 11 is 0. The van der Waals surface area contributed by atoms with Gasteiger partial charge >= 0.3 is 0 Å². The first-order chi connectivity index (χ1) is 52.8. The van der Waals surface area contributed by atoms with Crippen LogP contribution < -0.4 is 5.32 Å². The highest BCUT2D eigenvalue weighted by Crippen LogP contribution is 2.33. The zero-order valence-corrected chi connectivity index (χ0v) is 66.8. The van der Waals surface area contributed by atoms with Crippen LogP contribution in [0.3, 0.4) is 0 Å². The van der Waals surface area contributed by atoms with E-state index < -0.39 is 124 Å². The molecule has 19 nitrogen and oxygen atoms in total. The number of carbonyl (C=O) groups excluding carboxylic acids is 1. The minimum absolute atomic E-state index is 0.231. The average Bonchev–Trinajstić information content (AvgIpc) is 0.787. The van der Waals surface area contributed by atoms with Crippen molar-refractivity contribution in [2.75, 3.05) is 26.4 Å². The Morgan fingerprint density at radius 1 is 0.343 bits per heavy atom. The zero-order chi connectivity index (χ0) is 78.1. The molecule has 622 valence electrons. The van der Waals surface area contributed by atoms with Gasteiger partial charge in [-0.1, -0.05) is 322 Å². The van der Waals surface area contributed by atoms with Gasteiger partial charge in [0.15, 0.2) is 18.9 Å². The maximum atomic E-state index is 13.5. The van der Waals surface area contributed by atoms with Gasteiger partial charge in [-0.25, -0.2) is 0 Å². The van der Waals surface area contributed by atoms with Crippen LogP contribution in [0, 0.1) is 0 Å². The molecular weight excluding hydrogens is 1370 g/mol. The van der Waals surface area contributed by atoms with E-state index in [4.69, 9.17) is 28.4 Å². The number of nitrogens with one attached hydrogen (secondary N) is 1. The fourth-order valence-corrected chi connectivity index (χ4v) is 13.7. The van der Waals surface area contributed by atoms with Gasteiger partial charge in [0.1, 0.15) is 73.2 Å². The molecule has 0 aromatic carbocycles. The molecule has 3 aliphatic rings. The molecule has 17 unspecified atom stereocenters. The van der Waals surface area contributed by atoms with Crippen molar-refractivity contribution < 1.29 is 89.4 Å². The predicted octanol–water partition coefficient (Wildman–Crippen LogP) is 15.5. The normalized spacial score (nSPS) is 26.0. The van der Waals surface area contributed by atoms with Gasteiger partial charge in [0, 0.05) is 6.42 Å². The van der Waals surface area contributed by atoms with E-state index in [0.717, 1.165) is 89.9 Å². The lowest BCUT2D eigenvalue weighted by Gasteiger charge is -2.48. The van der Waals surface area contributed by atoms with E-state index in [-0.39, 0.29) is 18.9 Å². The monoisotopic (exact) mass is 1520 g/mol. The van der Waals surface area contributed by atoms with E-state index in [0.29, 0.717) is 12.8 Å². The second-order valence-electron chi connectivity index (χ2n) is 29.9. The Bertz CT molecular complexity index is 2420. The summed E-state index contributed by atoms with van der Waals surface area (Å²) in [6, 6.07) is -0.997. The van der Waals surface area contributed by atoms with Crippen molar-refractivity contribution in [3.8, 4) is 0 Å². The van der Waals surface area contributed by atoms with Crippen LogP contribution in [0.25, 0.3) is 0 Å². The van der Waals surface area contributed by atoms with Gasteiger partial charge in [-0.3, -0.25) is 4.79 Å². The number of carbonyl (C=O) groups is 1. The Labute approximate surface area is 652 Å². The smallest absolute Gasteiger partial charge is 0.220 e. The van der Waals surface area contributed by atoms with Crippen LogP contribution in [-0.4, -0.2) is 193 Å². The van der Waals surface area contributed by atoms with Gasteiger partial charge in [-0.2, -0.15) is 0 Å². The lowest BCUT2D eigenvalue weighted by atomic mass is 9.96. The number of hydrogen-bond acceptors (Lipinski definition) is 18. The van der Waals surface area contributed by atoms with E-state index in [9.17, 15) is 61.0 Å². The molecule has 108 heavy (non-hydrogen) atoms. The Kier molecular flexibility index (Phi) is 61.6. The van der Waals surface area contributed by atoms with Crippen LogP contribution in [-0.2, 0) is 33.2 Å². The summed E-state index contributed by atoms with van der Waals surface area (Å²) < 4.78 is 34.5. The minimum Gasteiger partial charge on any atom is -0.394 e. The van der Waals surface area contributed by atoms with E-state index in [1.165, 1.54) is 180 Å². The zero-order valence-electron chi connectivity index (χ0n) is 66.8. The van der Waals surface area contributed by atoms with E-state index in [1.54, 1.807) is 6.08 Å². The molecular formula is C89H153NO18. The van der Waals surface area contributed by atoms with Crippen LogP contribution in [0.15, 0.2) is 122 Å². The summed E-state index contributed by atoms with van der Waals surface area (Å²) in [5.41, 5.74) is 0. The van der Waals surface area contributed by atoms with Crippen molar-refractivity contribution in [3.63, 3.8) is 0 Å². The molecule has 0 bridgehead atoms. The van der Waals surface area contributed by atoms with Crippen LogP contribution in [0.4, 0.5) is 0 Å². The molecule has 0 saturated carbocycles. The maximum Gasteiger partial charge on any atom is 0.220 e. The Balaban J connectivity index is 1.33. The molecule has 0 radical (unpaired) electrons. The fourth-order valence-electron chi connectivity index (χ4n) is 13.7. The summed E-state index contributed by atoms with van der Waals surface area (Å²) in [7, 11) is 0. The largest absolute Gasteiger partial charge is 0.394 e. The van der Waals surface area contributed by atoms with Gasteiger partial charge in [-0.05, 0) is 96.3 Å². The molecule has 3 rings (SSSR count). The van der Waals surface area contributed by atoms with Gasteiger partial charge in [0.2, 0.25) is 5.91 Å². The molecule has 3 saturated heterocycles. The molecule has 12 N–H and O–H groups in total. The predicted molar refractivity (Wildman–Crippen MR) is 433 cm³/mol. The molecule has 0 spiro atoms. The van der Waals surface area contributed by atoms with Crippen LogP contribution in [0.1, 0.15) is 303 Å². The lowest BCUT2D eigenvalue weighted by Crippen LogP contribution is -2.66. The third-order valence-corrected chi connectivity index (χ3v) is 20.5. The number of ether oxygens (including phenoxy) is 6. The third-order valence-electron chi connectivity index (χ3n) is 20.5. The molecule has 1 amide bonds. The Hall–Kier alpha value is -3.81. The fraction of sp³-hybridized carbons (Fsp3) is 0.764. The average molecular weight is 1530 g/mol. The van der Waals surface area contributed by atoms with Crippen molar-refractivity contribution in [2.24, 2.45) is 0 Å². The van der Waals surface area contributed by atoms with Gasteiger partial charge in [-0.15, -0.1) is 0 Å². The summed E-state index contributed by atoms with van der Waals surface area (Å²) in [5, 5.41) is 121. The highest BCUT2D eigenvalue weighted by molar-refractivity contribution is 5.76. The first-order valence-corrected chi connectivity index (χ1v) is 42.8. The van der Waals surface area contributed by atoms with E-state index >= 15 is 0 Å². The molecule has 19 heteroatoms. The number of hydrogen-bond donors (Lipinski definition) is 12. The van der Waals surface area contributed by atoms with E-state index in [2.05, 4.69) is 129 Å². The standard InChI is InChI=1S/C89H153NO18/c1-3-5-7-9-11-13-15-17-19-21-23-25-27-28-29-30-31-32-33-34-35-36-37-38-39-40-41-42-43-44-45-47-49-51-53-55-57-59-61-63-65-67-77(95)90-72(73(94)66-64-62-60-58-56-54-52-50-48-46-26-24-22-20-18-16-14-12-10-8-6-4-2)71-103-87-83(101)80(98)85(75(69-92)105-87)108-89-84(102)81(99)86(76(70-93)106-89)107-88-82(100)79(97)78(96)74(68-91)104-88/h5,7,11,13,17,19,23,25,28-29,31-32,34-35,37-38,56,58,64,66,72-76,78-89,91-94,96-102H,3-4,6,8-10,12,14-16,18,20-22,24,26-27,30,33,36,39-55,57,59-63,65,67-71H2,1-2H3,(H,90,95)/b7-5-,13-11-,19-17-,25-23-,29-28-,32-31-,35-34-,38-37-,58-56+,66-64+. The summed E-state index contributed by atoms with van der Waals surface area (Å²) in [6.07, 6.45) is 69.1. The molecule has 17 atom stereocenters. The summed E-state index contributed by atoms with van der Waals surface area (Å²) in [5.74, 6) is -0.286. The molecule has 0 aliphatic carbocycles.